The van der Waals surface area contributed by atoms with Crippen LogP contribution in [0.3, 0.4) is 0 Å². The lowest BCUT2D eigenvalue weighted by molar-refractivity contribution is -0.124. The first-order valence-electron chi connectivity index (χ1n) is 6.61. The fourth-order valence-corrected chi connectivity index (χ4v) is 2.38. The van der Waals surface area contributed by atoms with Gasteiger partial charge in [-0.3, -0.25) is 4.79 Å². The first kappa shape index (κ1) is 14.2. The van der Waals surface area contributed by atoms with E-state index in [1.165, 1.54) is 5.57 Å². The third-order valence-electron chi connectivity index (χ3n) is 4.41. The van der Waals surface area contributed by atoms with Crippen molar-refractivity contribution in [1.82, 2.24) is 0 Å². The van der Waals surface area contributed by atoms with Crippen molar-refractivity contribution in [2.45, 2.75) is 54.4 Å². The monoisotopic (exact) mass is 234 g/mol. The van der Waals surface area contributed by atoms with Gasteiger partial charge in [0.05, 0.1) is 0 Å². The zero-order valence-corrected chi connectivity index (χ0v) is 12.1. The Balaban J connectivity index is 2.77. The Hall–Kier alpha value is -0.850. The Bertz CT molecular complexity index is 356. The summed E-state index contributed by atoms with van der Waals surface area (Å²) < 4.78 is 0. The van der Waals surface area contributed by atoms with Crippen LogP contribution in [0.15, 0.2) is 23.8 Å². The van der Waals surface area contributed by atoms with Crippen LogP contribution in [-0.4, -0.2) is 5.78 Å². The summed E-state index contributed by atoms with van der Waals surface area (Å²) in [4.78, 5) is 11.8. The summed E-state index contributed by atoms with van der Waals surface area (Å²) in [6.07, 6.45) is 8.40. The molecule has 0 bridgehead atoms. The molecule has 0 fully saturated rings. The molecule has 0 heterocycles. The highest BCUT2D eigenvalue weighted by Crippen LogP contribution is 2.44. The van der Waals surface area contributed by atoms with Gasteiger partial charge in [-0.1, -0.05) is 44.6 Å². The van der Waals surface area contributed by atoms with Crippen LogP contribution in [0.1, 0.15) is 54.4 Å². The quantitative estimate of drug-likeness (QED) is 0.653. The summed E-state index contributed by atoms with van der Waals surface area (Å²) in [5, 5.41) is 0. The van der Waals surface area contributed by atoms with Crippen molar-refractivity contribution in [3.8, 4) is 0 Å². The summed E-state index contributed by atoms with van der Waals surface area (Å²) in [6.45, 7) is 12.7. The van der Waals surface area contributed by atoms with Crippen LogP contribution in [0.25, 0.3) is 0 Å². The van der Waals surface area contributed by atoms with Crippen LogP contribution in [0.2, 0.25) is 0 Å². The lowest BCUT2D eigenvalue weighted by Gasteiger charge is -2.28. The Kier molecular flexibility index (Phi) is 4.01. The average molecular weight is 234 g/mol. The third-order valence-corrected chi connectivity index (χ3v) is 4.41. The van der Waals surface area contributed by atoms with Gasteiger partial charge in [0.2, 0.25) is 0 Å². The molecule has 1 aliphatic carbocycles. The molecule has 96 valence electrons. The van der Waals surface area contributed by atoms with Crippen LogP contribution in [0.4, 0.5) is 0 Å². The molecular formula is C16H26O. The number of carbonyl (C=O) groups excluding carboxylic acids is 1. The van der Waals surface area contributed by atoms with Crippen molar-refractivity contribution in [2.24, 2.45) is 16.7 Å². The Morgan fingerprint density at radius 2 is 2.12 bits per heavy atom. The maximum absolute atomic E-state index is 11.8. The van der Waals surface area contributed by atoms with E-state index in [9.17, 15) is 4.79 Å². The summed E-state index contributed by atoms with van der Waals surface area (Å²) in [5.74, 6) is 0.848. The first-order valence-corrected chi connectivity index (χ1v) is 6.61. The molecule has 17 heavy (non-hydrogen) atoms. The first-order chi connectivity index (χ1) is 7.71. The average Bonchev–Trinajstić information content (AvgIpc) is 2.50. The molecule has 0 aromatic carbocycles. The molecule has 1 nitrogen and oxygen atoms in total. The summed E-state index contributed by atoms with van der Waals surface area (Å²) in [7, 11) is 0. The molecular weight excluding hydrogens is 208 g/mol. The van der Waals surface area contributed by atoms with E-state index >= 15 is 0 Å². The number of allylic oxidation sites excluding steroid dienone is 4. The smallest absolute Gasteiger partial charge is 0.141 e. The fourth-order valence-electron chi connectivity index (χ4n) is 2.38. The van der Waals surface area contributed by atoms with Crippen LogP contribution in [0.5, 0.6) is 0 Å². The molecule has 1 aliphatic rings. The van der Waals surface area contributed by atoms with Crippen molar-refractivity contribution in [3.05, 3.63) is 23.8 Å². The summed E-state index contributed by atoms with van der Waals surface area (Å²) in [6, 6.07) is 0. The molecule has 0 spiro atoms. The van der Waals surface area contributed by atoms with Gasteiger partial charge < -0.3 is 0 Å². The zero-order valence-electron chi connectivity index (χ0n) is 12.1. The van der Waals surface area contributed by atoms with E-state index in [1.54, 1.807) is 0 Å². The maximum atomic E-state index is 11.8. The molecule has 0 saturated carbocycles. The second kappa shape index (κ2) is 4.80. The second-order valence-electron chi connectivity index (χ2n) is 6.31. The van der Waals surface area contributed by atoms with E-state index in [0.717, 1.165) is 6.42 Å². The summed E-state index contributed by atoms with van der Waals surface area (Å²) in [5.41, 5.74) is 1.38. The van der Waals surface area contributed by atoms with Gasteiger partial charge in [0.1, 0.15) is 5.78 Å². The lowest BCUT2D eigenvalue weighted by atomic mass is 9.76. The van der Waals surface area contributed by atoms with Gasteiger partial charge in [0.15, 0.2) is 0 Å². The molecule has 0 aliphatic heterocycles. The van der Waals surface area contributed by atoms with E-state index in [4.69, 9.17) is 0 Å². The van der Waals surface area contributed by atoms with Crippen LogP contribution in [0, 0.1) is 16.7 Å². The molecule has 1 rings (SSSR count). The molecule has 0 aromatic heterocycles. The number of hydrogen-bond acceptors (Lipinski definition) is 1. The zero-order chi connectivity index (χ0) is 13.3. The highest BCUT2D eigenvalue weighted by molar-refractivity contribution is 5.85. The van der Waals surface area contributed by atoms with Crippen LogP contribution < -0.4 is 0 Å². The predicted molar refractivity (Wildman–Crippen MR) is 73.9 cm³/mol. The van der Waals surface area contributed by atoms with Gasteiger partial charge in [0, 0.05) is 11.8 Å². The largest absolute Gasteiger partial charge is 0.299 e. The molecule has 0 saturated heterocycles. The minimum Gasteiger partial charge on any atom is -0.299 e. The normalized spacial score (nSPS) is 24.1. The maximum Gasteiger partial charge on any atom is 0.141 e. The molecule has 0 amide bonds. The van der Waals surface area contributed by atoms with E-state index in [1.807, 2.05) is 20.8 Å². The van der Waals surface area contributed by atoms with Crippen LogP contribution in [-0.2, 0) is 4.79 Å². The van der Waals surface area contributed by atoms with Crippen molar-refractivity contribution >= 4 is 5.78 Å². The van der Waals surface area contributed by atoms with Crippen molar-refractivity contribution in [2.75, 3.05) is 0 Å². The minimum absolute atomic E-state index is 0.238. The molecule has 1 heteroatoms. The number of rotatable bonds is 4. The standard InChI is InChI=1S/C16H26O/c1-7-14(17)15(3,4)11-10-13-9-8-12(2)16(13,5)6/h8,10-11,13H,7,9H2,1-6H3. The minimum atomic E-state index is -0.318. The Morgan fingerprint density at radius 1 is 1.53 bits per heavy atom. The Morgan fingerprint density at radius 3 is 2.53 bits per heavy atom. The highest BCUT2D eigenvalue weighted by atomic mass is 16.1. The van der Waals surface area contributed by atoms with Crippen molar-refractivity contribution in [1.29, 1.82) is 0 Å². The number of Topliss-reactive ketones (excluding diaryl/α,β-unsaturated/α-hetero) is 1. The molecule has 0 aromatic rings. The van der Waals surface area contributed by atoms with Gasteiger partial charge in [-0.2, -0.15) is 0 Å². The van der Waals surface area contributed by atoms with Crippen LogP contribution >= 0.6 is 0 Å². The molecule has 1 atom stereocenters. The van der Waals surface area contributed by atoms with Gasteiger partial charge in [-0.15, -0.1) is 0 Å². The summed E-state index contributed by atoms with van der Waals surface area (Å²) >= 11 is 0. The third kappa shape index (κ3) is 2.88. The highest BCUT2D eigenvalue weighted by Gasteiger charge is 2.33. The van der Waals surface area contributed by atoms with E-state index in [-0.39, 0.29) is 10.8 Å². The van der Waals surface area contributed by atoms with Gasteiger partial charge in [0.25, 0.3) is 0 Å². The SMILES string of the molecule is CCC(=O)C(C)(C)C=CC1CC=C(C)C1(C)C. The van der Waals surface area contributed by atoms with Gasteiger partial charge >= 0.3 is 0 Å². The van der Waals surface area contributed by atoms with E-state index < -0.39 is 0 Å². The van der Waals surface area contributed by atoms with Gasteiger partial charge in [-0.25, -0.2) is 0 Å². The predicted octanol–water partition coefficient (Wildman–Crippen LogP) is 4.54. The number of hydrogen-bond donors (Lipinski definition) is 0. The topological polar surface area (TPSA) is 17.1 Å². The van der Waals surface area contributed by atoms with Crippen molar-refractivity contribution < 1.29 is 4.79 Å². The fraction of sp³-hybridized carbons (Fsp3) is 0.688. The molecule has 0 N–H and O–H groups in total. The van der Waals surface area contributed by atoms with E-state index in [2.05, 4.69) is 39.0 Å². The molecule has 0 radical (unpaired) electrons. The van der Waals surface area contributed by atoms with Gasteiger partial charge in [-0.05, 0) is 38.5 Å². The second-order valence-corrected chi connectivity index (χ2v) is 6.31. The van der Waals surface area contributed by atoms with Crippen molar-refractivity contribution in [3.63, 3.8) is 0 Å². The lowest BCUT2D eigenvalue weighted by Crippen LogP contribution is -2.23. The number of ketones is 1. The molecule has 1 unspecified atom stereocenters. The Labute approximate surface area is 106 Å². The number of carbonyl (C=O) groups is 1. The van der Waals surface area contributed by atoms with E-state index in [0.29, 0.717) is 18.1 Å².